The quantitative estimate of drug-likeness (QED) is 0.550. The van der Waals surface area contributed by atoms with E-state index < -0.39 is 11.9 Å². The maximum Gasteiger partial charge on any atom is 0.355 e. The number of hydrogen-bond donors (Lipinski definition) is 0. The predicted molar refractivity (Wildman–Crippen MR) is 91.1 cm³/mol. The lowest BCUT2D eigenvalue weighted by Crippen LogP contribution is -2.38. The topological polar surface area (TPSA) is 91.4 Å². The van der Waals surface area contributed by atoms with Crippen LogP contribution in [-0.4, -0.2) is 52.1 Å². The molecule has 0 spiro atoms. The Morgan fingerprint density at radius 1 is 1.08 bits per heavy atom. The van der Waals surface area contributed by atoms with Gasteiger partial charge in [-0.25, -0.2) is 9.59 Å². The van der Waals surface area contributed by atoms with Crippen molar-refractivity contribution >= 4 is 23.6 Å². The molecule has 0 aliphatic carbocycles. The minimum Gasteiger partial charge on any atom is -0.466 e. The molecule has 8 nitrogen and oxygen atoms in total. The third-order valence-corrected chi connectivity index (χ3v) is 3.73. The number of benzene rings is 1. The Labute approximate surface area is 151 Å². The van der Waals surface area contributed by atoms with Crippen LogP contribution in [0.25, 0.3) is 0 Å². The summed E-state index contributed by atoms with van der Waals surface area (Å²) in [4.78, 5) is 37.3. The molecule has 140 valence electrons. The summed E-state index contributed by atoms with van der Waals surface area (Å²) in [7, 11) is 2.47. The van der Waals surface area contributed by atoms with Gasteiger partial charge in [-0.1, -0.05) is 12.1 Å². The summed E-state index contributed by atoms with van der Waals surface area (Å²) in [5.74, 6) is -1.64. The highest BCUT2D eigenvalue weighted by Crippen LogP contribution is 2.27. The molecule has 0 aromatic heterocycles. The molecule has 0 N–H and O–H groups in total. The first-order chi connectivity index (χ1) is 12.5. The zero-order valence-electron chi connectivity index (χ0n) is 14.9. The molecule has 0 unspecified atom stereocenters. The molecule has 0 bridgehead atoms. The summed E-state index contributed by atoms with van der Waals surface area (Å²) in [5, 5.41) is 0. The average molecular weight is 363 g/mol. The van der Waals surface area contributed by atoms with Gasteiger partial charge in [-0.2, -0.15) is 0 Å². The van der Waals surface area contributed by atoms with Gasteiger partial charge in [0.05, 0.1) is 39.4 Å². The fourth-order valence-electron chi connectivity index (χ4n) is 2.52. The third kappa shape index (κ3) is 4.40. The Morgan fingerprint density at radius 2 is 1.73 bits per heavy atom. The standard InChI is InChI=1S/C18H21NO7/c1-4-26-15(20)9-12-5-7-13(8-6-12)19-11-25-10-14(17(21)23-2)16(19)18(22)24-3/h5-8H,4,9-11H2,1-3H3. The second kappa shape index (κ2) is 9.00. The monoisotopic (exact) mass is 363 g/mol. The maximum atomic E-state index is 12.2. The summed E-state index contributed by atoms with van der Waals surface area (Å²) in [6, 6.07) is 6.93. The van der Waals surface area contributed by atoms with Crippen LogP contribution >= 0.6 is 0 Å². The van der Waals surface area contributed by atoms with Gasteiger partial charge in [0.1, 0.15) is 12.4 Å². The first-order valence-corrected chi connectivity index (χ1v) is 8.01. The Hall–Kier alpha value is -2.87. The van der Waals surface area contributed by atoms with Gasteiger partial charge < -0.3 is 23.8 Å². The van der Waals surface area contributed by atoms with Crippen LogP contribution in [0.4, 0.5) is 5.69 Å². The maximum absolute atomic E-state index is 12.2. The Bertz CT molecular complexity index is 709. The number of rotatable bonds is 6. The second-order valence-electron chi connectivity index (χ2n) is 5.36. The van der Waals surface area contributed by atoms with Crippen molar-refractivity contribution in [3.63, 3.8) is 0 Å². The molecule has 1 heterocycles. The second-order valence-corrected chi connectivity index (χ2v) is 5.36. The highest BCUT2D eigenvalue weighted by Gasteiger charge is 2.32. The first kappa shape index (κ1) is 19.5. The molecule has 0 atom stereocenters. The van der Waals surface area contributed by atoms with Crippen molar-refractivity contribution in [1.82, 2.24) is 0 Å². The predicted octanol–water partition coefficient (Wildman–Crippen LogP) is 1.19. The fourth-order valence-corrected chi connectivity index (χ4v) is 2.52. The highest BCUT2D eigenvalue weighted by molar-refractivity contribution is 6.03. The zero-order chi connectivity index (χ0) is 19.1. The van der Waals surface area contributed by atoms with E-state index in [0.717, 1.165) is 5.56 Å². The van der Waals surface area contributed by atoms with E-state index in [-0.39, 0.29) is 37.0 Å². The number of ether oxygens (including phenoxy) is 4. The molecule has 0 fully saturated rings. The normalized spacial score (nSPS) is 14.0. The Balaban J connectivity index is 2.31. The number of anilines is 1. The molecule has 1 aromatic carbocycles. The summed E-state index contributed by atoms with van der Waals surface area (Å²) in [5.41, 5.74) is 1.53. The molecular weight excluding hydrogens is 342 g/mol. The molecule has 8 heteroatoms. The largest absolute Gasteiger partial charge is 0.466 e. The number of esters is 3. The van der Waals surface area contributed by atoms with Crippen molar-refractivity contribution in [2.24, 2.45) is 0 Å². The van der Waals surface area contributed by atoms with Gasteiger partial charge in [0.25, 0.3) is 0 Å². The van der Waals surface area contributed by atoms with Crippen LogP contribution in [0.3, 0.4) is 0 Å². The van der Waals surface area contributed by atoms with Crippen LogP contribution in [0, 0.1) is 0 Å². The van der Waals surface area contributed by atoms with Crippen molar-refractivity contribution in [2.45, 2.75) is 13.3 Å². The molecule has 0 radical (unpaired) electrons. The lowest BCUT2D eigenvalue weighted by molar-refractivity contribution is -0.142. The van der Waals surface area contributed by atoms with E-state index in [0.29, 0.717) is 12.3 Å². The molecule has 0 saturated carbocycles. The van der Waals surface area contributed by atoms with Gasteiger partial charge in [0.15, 0.2) is 0 Å². The van der Waals surface area contributed by atoms with Crippen LogP contribution in [0.2, 0.25) is 0 Å². The van der Waals surface area contributed by atoms with Crippen molar-refractivity contribution < 1.29 is 33.3 Å². The van der Waals surface area contributed by atoms with Crippen molar-refractivity contribution in [2.75, 3.05) is 39.1 Å². The average Bonchev–Trinajstić information content (AvgIpc) is 2.67. The van der Waals surface area contributed by atoms with Crippen LogP contribution in [0.15, 0.2) is 35.5 Å². The zero-order valence-corrected chi connectivity index (χ0v) is 14.9. The molecule has 2 rings (SSSR count). The van der Waals surface area contributed by atoms with Gasteiger partial charge in [-0.05, 0) is 24.6 Å². The number of methoxy groups -OCH3 is 2. The summed E-state index contributed by atoms with van der Waals surface area (Å²) in [6.45, 7) is 2.10. The van der Waals surface area contributed by atoms with Gasteiger partial charge >= 0.3 is 17.9 Å². The number of carbonyl (C=O) groups excluding carboxylic acids is 3. The van der Waals surface area contributed by atoms with E-state index in [9.17, 15) is 14.4 Å². The van der Waals surface area contributed by atoms with Gasteiger partial charge in [0, 0.05) is 5.69 Å². The minimum absolute atomic E-state index is 0.0471. The van der Waals surface area contributed by atoms with Crippen LogP contribution < -0.4 is 4.90 Å². The molecular formula is C18H21NO7. The van der Waals surface area contributed by atoms with E-state index in [1.807, 2.05) is 0 Å². The van der Waals surface area contributed by atoms with Crippen molar-refractivity contribution in [1.29, 1.82) is 0 Å². The van der Waals surface area contributed by atoms with Crippen molar-refractivity contribution in [3.05, 3.63) is 41.1 Å². The SMILES string of the molecule is CCOC(=O)Cc1ccc(N2COCC(C(=O)OC)=C2C(=O)OC)cc1. The number of hydrogen-bond acceptors (Lipinski definition) is 8. The Morgan fingerprint density at radius 3 is 2.31 bits per heavy atom. The number of carbonyl (C=O) groups is 3. The molecule has 1 aliphatic rings. The lowest BCUT2D eigenvalue weighted by Gasteiger charge is -2.31. The van der Waals surface area contributed by atoms with Crippen LogP contribution in [0.5, 0.6) is 0 Å². The van der Waals surface area contributed by atoms with Gasteiger partial charge in [-0.15, -0.1) is 0 Å². The fraction of sp³-hybridized carbons (Fsp3) is 0.389. The molecule has 0 amide bonds. The summed E-state index contributed by atoms with van der Waals surface area (Å²) >= 11 is 0. The van der Waals surface area contributed by atoms with Crippen molar-refractivity contribution in [3.8, 4) is 0 Å². The molecule has 1 aromatic rings. The van der Waals surface area contributed by atoms with Crippen LogP contribution in [-0.2, 0) is 39.8 Å². The lowest BCUT2D eigenvalue weighted by atomic mass is 10.1. The van der Waals surface area contributed by atoms with E-state index in [2.05, 4.69) is 0 Å². The Kier molecular flexibility index (Phi) is 6.74. The smallest absolute Gasteiger partial charge is 0.355 e. The minimum atomic E-state index is -0.663. The third-order valence-electron chi connectivity index (χ3n) is 3.73. The molecule has 1 aliphatic heterocycles. The first-order valence-electron chi connectivity index (χ1n) is 8.01. The highest BCUT2D eigenvalue weighted by atomic mass is 16.5. The van der Waals surface area contributed by atoms with Gasteiger partial charge in [-0.3, -0.25) is 4.79 Å². The van der Waals surface area contributed by atoms with E-state index in [4.69, 9.17) is 18.9 Å². The van der Waals surface area contributed by atoms with Crippen LogP contribution in [0.1, 0.15) is 12.5 Å². The molecule has 26 heavy (non-hydrogen) atoms. The summed E-state index contributed by atoms with van der Waals surface area (Å²) in [6.07, 6.45) is 0.151. The van der Waals surface area contributed by atoms with E-state index in [1.165, 1.54) is 19.1 Å². The van der Waals surface area contributed by atoms with E-state index >= 15 is 0 Å². The number of nitrogens with zero attached hydrogens (tertiary/aromatic N) is 1. The van der Waals surface area contributed by atoms with E-state index in [1.54, 1.807) is 31.2 Å². The molecule has 0 saturated heterocycles. The summed E-state index contributed by atoms with van der Waals surface area (Å²) < 4.78 is 19.9. The van der Waals surface area contributed by atoms with Gasteiger partial charge in [0.2, 0.25) is 0 Å².